The van der Waals surface area contributed by atoms with Crippen LogP contribution in [0.15, 0.2) is 54.0 Å². The fourth-order valence-corrected chi connectivity index (χ4v) is 3.69. The van der Waals surface area contributed by atoms with Crippen LogP contribution < -0.4 is 0 Å². The van der Waals surface area contributed by atoms with Crippen molar-refractivity contribution in [1.82, 2.24) is 4.90 Å². The number of ether oxygens (including phenoxy) is 1. The van der Waals surface area contributed by atoms with Gasteiger partial charge in [0.05, 0.1) is 17.2 Å². The van der Waals surface area contributed by atoms with E-state index in [0.29, 0.717) is 6.42 Å². The highest BCUT2D eigenvalue weighted by Gasteiger charge is 2.50. The monoisotopic (exact) mass is 425 g/mol. The van der Waals surface area contributed by atoms with Crippen LogP contribution in [-0.4, -0.2) is 41.3 Å². The molecule has 6 nitrogen and oxygen atoms in total. The topological polar surface area (TPSA) is 65.1 Å². The van der Waals surface area contributed by atoms with E-state index in [1.165, 1.54) is 4.90 Å². The van der Waals surface area contributed by atoms with E-state index in [0.717, 1.165) is 11.1 Å². The Hall–Kier alpha value is -2.38. The molecule has 0 spiro atoms. The summed E-state index contributed by atoms with van der Waals surface area (Å²) < 4.78 is 17.4. The van der Waals surface area contributed by atoms with Gasteiger partial charge in [0.2, 0.25) is 5.91 Å². The van der Waals surface area contributed by atoms with Gasteiger partial charge in [-0.25, -0.2) is 9.69 Å². The Kier molecular flexibility index (Phi) is 6.77. The van der Waals surface area contributed by atoms with Gasteiger partial charge in [-0.1, -0.05) is 54.0 Å². The summed E-state index contributed by atoms with van der Waals surface area (Å²) in [6, 6.07) is 9.14. The Balaban J connectivity index is 1.52. The zero-order chi connectivity index (χ0) is 22.8. The number of carbonyl (C=O) groups excluding carboxylic acids is 2. The van der Waals surface area contributed by atoms with Crippen molar-refractivity contribution >= 4 is 19.1 Å². The number of hydrogen-bond donors (Lipinski definition) is 0. The minimum atomic E-state index is -0.586. The molecule has 2 saturated heterocycles. The molecule has 3 rings (SSSR count). The standard InChI is InChI=1S/C24H32BNO5/c1-17(16-25-30-23(3,4)24(5,6)31-25)12-10-11-15-20(27)26-18(2)21(29-22(26)28)19-13-8-7-9-14-19/h7-11,13-14,16,18,21H,12,15H2,1-6H3/b11-10+,17-16-/t18-,21-/m0/s1. The molecule has 2 aliphatic heterocycles. The molecule has 166 valence electrons. The minimum absolute atomic E-state index is 0.144. The Morgan fingerprint density at radius 2 is 1.65 bits per heavy atom. The van der Waals surface area contributed by atoms with E-state index in [1.54, 1.807) is 6.08 Å². The molecule has 0 aromatic heterocycles. The van der Waals surface area contributed by atoms with Crippen LogP contribution in [-0.2, 0) is 18.8 Å². The summed E-state index contributed by atoms with van der Waals surface area (Å²) in [5, 5.41) is 0. The van der Waals surface area contributed by atoms with E-state index in [4.69, 9.17) is 14.0 Å². The summed E-state index contributed by atoms with van der Waals surface area (Å²) in [5.41, 5.74) is 1.24. The number of allylic oxidation sites excluding steroid dienone is 2. The molecular weight excluding hydrogens is 393 g/mol. The number of cyclic esters (lactones) is 1. The van der Waals surface area contributed by atoms with Crippen LogP contribution in [0.3, 0.4) is 0 Å². The summed E-state index contributed by atoms with van der Waals surface area (Å²) >= 11 is 0. The van der Waals surface area contributed by atoms with Crippen molar-refractivity contribution in [1.29, 1.82) is 0 Å². The van der Waals surface area contributed by atoms with Crippen LogP contribution in [0.25, 0.3) is 0 Å². The lowest BCUT2D eigenvalue weighted by Gasteiger charge is -2.32. The van der Waals surface area contributed by atoms with Gasteiger partial charge >= 0.3 is 13.2 Å². The number of rotatable bonds is 6. The molecular formula is C24H32BNO5. The summed E-state index contributed by atoms with van der Waals surface area (Å²) in [6.07, 6.45) is 3.51. The van der Waals surface area contributed by atoms with Gasteiger partial charge in [0.15, 0.2) is 0 Å². The normalized spacial score (nSPS) is 25.4. The second-order valence-electron chi connectivity index (χ2n) is 9.24. The molecule has 2 amide bonds. The first-order chi connectivity index (χ1) is 14.5. The molecule has 0 unspecified atom stereocenters. The smallest absolute Gasteiger partial charge is 0.439 e. The van der Waals surface area contributed by atoms with Gasteiger partial charge in [-0.15, -0.1) is 0 Å². The molecule has 31 heavy (non-hydrogen) atoms. The van der Waals surface area contributed by atoms with E-state index in [9.17, 15) is 9.59 Å². The highest BCUT2D eigenvalue weighted by Crippen LogP contribution is 2.37. The molecule has 0 radical (unpaired) electrons. The Labute approximate surface area is 185 Å². The summed E-state index contributed by atoms with van der Waals surface area (Å²) in [4.78, 5) is 26.1. The van der Waals surface area contributed by atoms with Gasteiger partial charge in [0.1, 0.15) is 6.10 Å². The molecule has 0 bridgehead atoms. The number of carbonyl (C=O) groups is 2. The quantitative estimate of drug-likeness (QED) is 0.474. The SMILES string of the molecule is C/C(=C/B1OC(C)(C)C(C)(C)O1)C/C=C/CC(=O)N1C(=O)O[C@H](c2ccccc2)[C@@H]1C. The number of hydrogen-bond acceptors (Lipinski definition) is 5. The molecule has 2 heterocycles. The summed E-state index contributed by atoms with van der Waals surface area (Å²) in [6.45, 7) is 11.9. The third-order valence-electron chi connectivity index (χ3n) is 6.26. The van der Waals surface area contributed by atoms with E-state index < -0.39 is 12.2 Å². The molecule has 0 aliphatic carbocycles. The average molecular weight is 425 g/mol. The third kappa shape index (κ3) is 5.10. The van der Waals surface area contributed by atoms with E-state index in [-0.39, 0.29) is 36.7 Å². The van der Waals surface area contributed by atoms with Gasteiger partial charge < -0.3 is 14.0 Å². The highest BCUT2D eigenvalue weighted by molar-refractivity contribution is 6.51. The third-order valence-corrected chi connectivity index (χ3v) is 6.26. The zero-order valence-corrected chi connectivity index (χ0v) is 19.3. The van der Waals surface area contributed by atoms with Crippen LogP contribution in [0.2, 0.25) is 0 Å². The zero-order valence-electron chi connectivity index (χ0n) is 19.3. The Bertz CT molecular complexity index is 861. The van der Waals surface area contributed by atoms with Crippen LogP contribution in [0, 0.1) is 0 Å². The first kappa shape index (κ1) is 23.3. The molecule has 1 aromatic rings. The lowest BCUT2D eigenvalue weighted by molar-refractivity contribution is -0.128. The lowest BCUT2D eigenvalue weighted by atomic mass is 9.86. The van der Waals surface area contributed by atoms with Gasteiger partial charge in [-0.2, -0.15) is 0 Å². The van der Waals surface area contributed by atoms with Crippen molar-refractivity contribution in [3.8, 4) is 0 Å². The molecule has 0 saturated carbocycles. The van der Waals surface area contributed by atoms with Gasteiger partial charge in [0, 0.05) is 6.42 Å². The van der Waals surface area contributed by atoms with Gasteiger partial charge in [-0.3, -0.25) is 4.79 Å². The van der Waals surface area contributed by atoms with Crippen molar-refractivity contribution in [3.63, 3.8) is 0 Å². The van der Waals surface area contributed by atoms with Crippen molar-refractivity contribution < 1.29 is 23.6 Å². The lowest BCUT2D eigenvalue weighted by Crippen LogP contribution is -2.41. The maximum atomic E-state index is 12.6. The van der Waals surface area contributed by atoms with Crippen molar-refractivity contribution in [2.24, 2.45) is 0 Å². The second kappa shape index (κ2) is 9.01. The second-order valence-corrected chi connectivity index (χ2v) is 9.24. The molecule has 2 atom stereocenters. The van der Waals surface area contributed by atoms with Crippen molar-refractivity contribution in [2.75, 3.05) is 0 Å². The predicted molar refractivity (Wildman–Crippen MR) is 120 cm³/mol. The van der Waals surface area contributed by atoms with Crippen LogP contribution in [0.5, 0.6) is 0 Å². The first-order valence-corrected chi connectivity index (χ1v) is 10.8. The number of imide groups is 1. The first-order valence-electron chi connectivity index (χ1n) is 10.8. The fraction of sp³-hybridized carbons (Fsp3) is 0.500. The Morgan fingerprint density at radius 1 is 1.06 bits per heavy atom. The predicted octanol–water partition coefficient (Wildman–Crippen LogP) is 5.01. The number of nitrogens with zero attached hydrogens (tertiary/aromatic N) is 1. The van der Waals surface area contributed by atoms with Crippen molar-refractivity contribution in [2.45, 2.75) is 77.7 Å². The maximum Gasteiger partial charge on any atom is 0.487 e. The largest absolute Gasteiger partial charge is 0.487 e. The fourth-order valence-electron chi connectivity index (χ4n) is 3.69. The molecule has 2 aliphatic rings. The molecule has 1 aromatic carbocycles. The van der Waals surface area contributed by atoms with Gasteiger partial charge in [0.25, 0.3) is 0 Å². The Morgan fingerprint density at radius 3 is 2.26 bits per heavy atom. The summed E-state index contributed by atoms with van der Waals surface area (Å²) in [5.74, 6) is 1.70. The van der Waals surface area contributed by atoms with Crippen LogP contribution >= 0.6 is 0 Å². The average Bonchev–Trinajstić information content (AvgIpc) is 3.09. The van der Waals surface area contributed by atoms with Crippen LogP contribution in [0.1, 0.15) is 66.1 Å². The minimum Gasteiger partial charge on any atom is -0.439 e. The van der Waals surface area contributed by atoms with Gasteiger partial charge in [-0.05, 0) is 53.5 Å². The number of benzene rings is 1. The van der Waals surface area contributed by atoms with Crippen LogP contribution in [0.4, 0.5) is 4.79 Å². The van der Waals surface area contributed by atoms with Crippen molar-refractivity contribution in [3.05, 3.63) is 59.6 Å². The molecule has 0 N–H and O–H groups in total. The summed E-state index contributed by atoms with van der Waals surface area (Å²) in [7, 11) is -0.379. The maximum absolute atomic E-state index is 12.6. The van der Waals surface area contributed by atoms with E-state index in [1.807, 2.05) is 83.9 Å². The highest BCUT2D eigenvalue weighted by atomic mass is 16.7. The molecule has 7 heteroatoms. The number of amides is 2. The van der Waals surface area contributed by atoms with E-state index in [2.05, 4.69) is 0 Å². The molecule has 2 fully saturated rings. The van der Waals surface area contributed by atoms with E-state index >= 15 is 0 Å².